The lowest BCUT2D eigenvalue weighted by Gasteiger charge is -2.13. The Morgan fingerprint density at radius 1 is 1.73 bits per heavy atom. The topological polar surface area (TPSA) is 72.0 Å². The van der Waals surface area contributed by atoms with E-state index in [0.717, 1.165) is 18.5 Å². The molecule has 1 rings (SSSR count). The smallest absolute Gasteiger partial charge is 0.120 e. The Hall–Kier alpha value is -0.940. The molecule has 0 aliphatic rings. The summed E-state index contributed by atoms with van der Waals surface area (Å²) in [7, 11) is 0. The van der Waals surface area contributed by atoms with Crippen molar-refractivity contribution in [1.29, 1.82) is 5.41 Å². The molecule has 0 radical (unpaired) electrons. The van der Waals surface area contributed by atoms with Crippen molar-refractivity contribution in [1.82, 2.24) is 4.98 Å². The molecule has 15 heavy (non-hydrogen) atoms. The molecule has 0 aliphatic carbocycles. The molecule has 0 spiro atoms. The van der Waals surface area contributed by atoms with E-state index in [-0.39, 0.29) is 11.9 Å². The van der Waals surface area contributed by atoms with Crippen LogP contribution in [0.3, 0.4) is 0 Å². The third kappa shape index (κ3) is 3.60. The molecule has 0 aliphatic heterocycles. The highest BCUT2D eigenvalue weighted by atomic mass is 32.1. The Labute approximate surface area is 94.0 Å². The van der Waals surface area contributed by atoms with Gasteiger partial charge in [0, 0.05) is 11.3 Å². The number of rotatable bonds is 6. The normalized spacial score (nSPS) is 12.7. The largest absolute Gasteiger partial charge is 0.385 e. The maximum absolute atomic E-state index is 7.29. The van der Waals surface area contributed by atoms with Crippen molar-refractivity contribution in [2.24, 2.45) is 5.73 Å². The Bertz CT molecular complexity index is 324. The Morgan fingerprint density at radius 3 is 2.93 bits per heavy atom. The van der Waals surface area contributed by atoms with Crippen molar-refractivity contribution in [3.63, 3.8) is 0 Å². The number of hydrogen-bond acceptors (Lipinski definition) is 4. The number of thiazole rings is 1. The van der Waals surface area contributed by atoms with Gasteiger partial charge in [0.1, 0.15) is 11.9 Å². The van der Waals surface area contributed by atoms with Crippen molar-refractivity contribution in [3.05, 3.63) is 16.1 Å². The van der Waals surface area contributed by atoms with Gasteiger partial charge >= 0.3 is 0 Å². The Morgan fingerprint density at radius 2 is 2.47 bits per heavy atom. The van der Waals surface area contributed by atoms with Crippen molar-refractivity contribution in [3.8, 4) is 0 Å². The van der Waals surface area contributed by atoms with Gasteiger partial charge in [0.15, 0.2) is 0 Å². The average Bonchev–Trinajstić information content (AvgIpc) is 2.58. The predicted molar refractivity (Wildman–Crippen MR) is 62.5 cm³/mol. The number of ether oxygens (including phenoxy) is 1. The molecule has 4 nitrogen and oxygen atoms in total. The summed E-state index contributed by atoms with van der Waals surface area (Å²) in [5.41, 5.74) is 8.29. The Kier molecular flexibility index (Phi) is 4.71. The number of nitrogens with one attached hydrogen (secondary N) is 1. The van der Waals surface area contributed by atoms with Crippen LogP contribution in [0.5, 0.6) is 0 Å². The van der Waals surface area contributed by atoms with Crippen LogP contribution in [0.2, 0.25) is 0 Å². The first-order chi connectivity index (χ1) is 7.15. The van der Waals surface area contributed by atoms with Gasteiger partial charge in [-0.25, -0.2) is 4.98 Å². The lowest BCUT2D eigenvalue weighted by atomic mass is 10.2. The molecule has 0 bridgehead atoms. The zero-order valence-electron chi connectivity index (χ0n) is 9.12. The minimum Gasteiger partial charge on any atom is -0.385 e. The fraction of sp³-hybridized carbons (Fsp3) is 0.600. The number of amidine groups is 1. The third-order valence-electron chi connectivity index (χ3n) is 2.21. The number of aryl methyl sites for hydroxylation is 1. The van der Waals surface area contributed by atoms with Crippen molar-refractivity contribution >= 4 is 17.2 Å². The molecule has 1 aromatic heterocycles. The zero-order valence-corrected chi connectivity index (χ0v) is 9.93. The van der Waals surface area contributed by atoms with Crippen LogP contribution in [-0.4, -0.2) is 23.5 Å². The fourth-order valence-corrected chi connectivity index (χ4v) is 2.05. The second kappa shape index (κ2) is 5.82. The van der Waals surface area contributed by atoms with Crippen LogP contribution in [0.25, 0.3) is 0 Å². The lowest BCUT2D eigenvalue weighted by Crippen LogP contribution is -2.30. The van der Waals surface area contributed by atoms with E-state index < -0.39 is 0 Å². The first kappa shape index (κ1) is 12.1. The van der Waals surface area contributed by atoms with Gasteiger partial charge in [0.2, 0.25) is 0 Å². The van der Waals surface area contributed by atoms with E-state index in [0.29, 0.717) is 6.61 Å². The molecule has 0 saturated heterocycles. The zero-order chi connectivity index (χ0) is 11.3. The molecule has 5 heteroatoms. The Balaban J connectivity index is 2.33. The van der Waals surface area contributed by atoms with Crippen LogP contribution in [0, 0.1) is 12.3 Å². The quantitative estimate of drug-likeness (QED) is 0.574. The van der Waals surface area contributed by atoms with Gasteiger partial charge < -0.3 is 10.5 Å². The first-order valence-corrected chi connectivity index (χ1v) is 5.87. The summed E-state index contributed by atoms with van der Waals surface area (Å²) in [6, 6.07) is 0. The summed E-state index contributed by atoms with van der Waals surface area (Å²) in [6.07, 6.45) is 1.36. The van der Waals surface area contributed by atoms with Crippen molar-refractivity contribution in [2.75, 3.05) is 6.61 Å². The summed E-state index contributed by atoms with van der Waals surface area (Å²) < 4.78 is 5.51. The van der Waals surface area contributed by atoms with Crippen LogP contribution in [0.4, 0.5) is 0 Å². The van der Waals surface area contributed by atoms with Gasteiger partial charge in [-0.15, -0.1) is 11.3 Å². The number of nitrogens with zero attached hydrogens (tertiary/aromatic N) is 1. The molecule has 3 N–H and O–H groups in total. The van der Waals surface area contributed by atoms with Crippen LogP contribution in [-0.2, 0) is 11.2 Å². The van der Waals surface area contributed by atoms with Gasteiger partial charge in [0.25, 0.3) is 0 Å². The minimum atomic E-state index is -0.238. The van der Waals surface area contributed by atoms with Gasteiger partial charge in [-0.05, 0) is 13.3 Å². The van der Waals surface area contributed by atoms with E-state index >= 15 is 0 Å². The summed E-state index contributed by atoms with van der Waals surface area (Å²) >= 11 is 1.64. The van der Waals surface area contributed by atoms with E-state index in [1.807, 2.05) is 19.4 Å². The van der Waals surface area contributed by atoms with Gasteiger partial charge in [-0.2, -0.15) is 0 Å². The molecule has 0 amide bonds. The van der Waals surface area contributed by atoms with E-state index in [1.165, 1.54) is 4.88 Å². The maximum Gasteiger partial charge on any atom is 0.120 e. The lowest BCUT2D eigenvalue weighted by molar-refractivity contribution is 0.0968. The summed E-state index contributed by atoms with van der Waals surface area (Å²) in [5, 5.41) is 7.29. The van der Waals surface area contributed by atoms with E-state index in [1.54, 1.807) is 11.3 Å². The highest BCUT2D eigenvalue weighted by molar-refractivity contribution is 7.09. The summed E-state index contributed by atoms with van der Waals surface area (Å²) in [4.78, 5) is 5.41. The average molecular weight is 227 g/mol. The third-order valence-corrected chi connectivity index (χ3v) is 3.21. The summed E-state index contributed by atoms with van der Waals surface area (Å²) in [5.74, 6) is 0.110. The molecule has 0 aromatic carbocycles. The monoisotopic (exact) mass is 227 g/mol. The van der Waals surface area contributed by atoms with Crippen LogP contribution in [0.15, 0.2) is 5.51 Å². The SMILES string of the molecule is CCC(OCCc1scnc1C)C(=N)N. The molecular weight excluding hydrogens is 210 g/mol. The molecule has 1 atom stereocenters. The van der Waals surface area contributed by atoms with Gasteiger partial charge in [-0.1, -0.05) is 6.92 Å². The molecule has 1 aromatic rings. The van der Waals surface area contributed by atoms with E-state index in [2.05, 4.69) is 4.98 Å². The maximum atomic E-state index is 7.29. The molecule has 84 valence electrons. The molecule has 0 saturated carbocycles. The molecular formula is C10H17N3OS. The minimum absolute atomic E-state index is 0.110. The number of aromatic nitrogens is 1. The molecule has 1 unspecified atom stereocenters. The van der Waals surface area contributed by atoms with Gasteiger partial charge in [0.05, 0.1) is 17.8 Å². The standard InChI is InChI=1S/C10H17N3OS/c1-3-8(10(11)12)14-5-4-9-7(2)13-6-15-9/h6,8H,3-5H2,1-2H3,(H3,11,12). The second-order valence-corrected chi connectivity index (χ2v) is 4.27. The van der Waals surface area contributed by atoms with Crippen molar-refractivity contribution in [2.45, 2.75) is 32.8 Å². The molecule has 0 fully saturated rings. The van der Waals surface area contributed by atoms with Crippen molar-refractivity contribution < 1.29 is 4.74 Å². The highest BCUT2D eigenvalue weighted by Gasteiger charge is 2.10. The first-order valence-electron chi connectivity index (χ1n) is 4.99. The van der Waals surface area contributed by atoms with E-state index in [9.17, 15) is 0 Å². The fourth-order valence-electron chi connectivity index (χ4n) is 1.29. The van der Waals surface area contributed by atoms with Crippen LogP contribution >= 0.6 is 11.3 Å². The summed E-state index contributed by atoms with van der Waals surface area (Å²) in [6.45, 7) is 4.55. The van der Waals surface area contributed by atoms with Crippen LogP contribution < -0.4 is 5.73 Å². The second-order valence-electron chi connectivity index (χ2n) is 3.33. The number of nitrogens with two attached hydrogens (primary N) is 1. The highest BCUT2D eigenvalue weighted by Crippen LogP contribution is 2.13. The van der Waals surface area contributed by atoms with Crippen LogP contribution in [0.1, 0.15) is 23.9 Å². The van der Waals surface area contributed by atoms with Gasteiger partial charge in [-0.3, -0.25) is 5.41 Å². The van der Waals surface area contributed by atoms with E-state index in [4.69, 9.17) is 15.9 Å². The molecule has 1 heterocycles. The number of hydrogen-bond donors (Lipinski definition) is 2. The predicted octanol–water partition coefficient (Wildman–Crippen LogP) is 1.73.